The highest BCUT2D eigenvalue weighted by atomic mass is 16.4. The first kappa shape index (κ1) is 18.7. The average Bonchev–Trinajstić information content (AvgIpc) is 2.57. The number of hydrogen-bond acceptors (Lipinski definition) is 9. The van der Waals surface area contributed by atoms with Gasteiger partial charge in [0.15, 0.2) is 11.5 Å². The van der Waals surface area contributed by atoms with E-state index in [2.05, 4.69) is 0 Å². The molecule has 0 fully saturated rings. The quantitative estimate of drug-likeness (QED) is 0.306. The van der Waals surface area contributed by atoms with Gasteiger partial charge >= 0.3 is 0 Å². The molecule has 150 valence electrons. The van der Waals surface area contributed by atoms with Gasteiger partial charge in [0, 0.05) is 18.9 Å². The van der Waals surface area contributed by atoms with Gasteiger partial charge in [-0.1, -0.05) is 0 Å². The number of benzene rings is 2. The number of phenolic OH excluding ortho intramolecular Hbond substituents is 3. The Balaban J connectivity index is 2.08. The average molecular weight is 401 g/mol. The van der Waals surface area contributed by atoms with Crippen molar-refractivity contribution in [3.05, 3.63) is 40.7 Å². The van der Waals surface area contributed by atoms with E-state index < -0.39 is 69.9 Å². The summed E-state index contributed by atoms with van der Waals surface area (Å²) in [5.74, 6) is -6.87. The molecule has 2 aliphatic rings. The largest absolute Gasteiger partial charge is 0.508 e. The van der Waals surface area contributed by atoms with Crippen LogP contribution < -0.4 is 5.73 Å². The number of fused-ring (bicyclic) bond motifs is 3. The van der Waals surface area contributed by atoms with E-state index in [9.17, 15) is 45.0 Å². The number of aliphatic hydroxyl groups excluding tert-OH is 1. The Kier molecular flexibility index (Phi) is 3.53. The molecule has 0 unspecified atom stereocenters. The summed E-state index contributed by atoms with van der Waals surface area (Å²) < 4.78 is 0. The maximum atomic E-state index is 13.1. The van der Waals surface area contributed by atoms with E-state index in [0.29, 0.717) is 0 Å². The molecule has 0 bridgehead atoms. The van der Waals surface area contributed by atoms with Crippen molar-refractivity contribution in [2.45, 2.75) is 24.0 Å². The van der Waals surface area contributed by atoms with E-state index in [1.807, 2.05) is 0 Å². The lowest BCUT2D eigenvalue weighted by Gasteiger charge is -2.47. The summed E-state index contributed by atoms with van der Waals surface area (Å²) in [5.41, 5.74) is -2.10. The van der Waals surface area contributed by atoms with E-state index in [1.165, 1.54) is 12.1 Å². The van der Waals surface area contributed by atoms with E-state index in [-0.39, 0.29) is 22.1 Å². The number of amides is 1. The van der Waals surface area contributed by atoms with Crippen LogP contribution in [-0.2, 0) is 16.0 Å². The lowest BCUT2D eigenvalue weighted by Crippen LogP contribution is -2.67. The first-order valence-electron chi connectivity index (χ1n) is 8.39. The van der Waals surface area contributed by atoms with E-state index in [0.717, 1.165) is 6.07 Å². The molecule has 1 amide bonds. The molecule has 0 heterocycles. The third-order valence-electron chi connectivity index (χ3n) is 5.53. The molecule has 10 nitrogen and oxygen atoms in total. The van der Waals surface area contributed by atoms with Crippen LogP contribution in [0.2, 0.25) is 0 Å². The number of nitrogens with two attached hydrogens (primary N) is 1. The van der Waals surface area contributed by atoms with Crippen LogP contribution in [-0.4, -0.2) is 59.3 Å². The van der Waals surface area contributed by atoms with Crippen molar-refractivity contribution in [2.75, 3.05) is 0 Å². The molecule has 4 rings (SSSR count). The van der Waals surface area contributed by atoms with Gasteiger partial charge in [0.05, 0.1) is 10.9 Å². The predicted octanol–water partition coefficient (Wildman–Crippen LogP) is -0.572. The molecule has 2 aliphatic carbocycles. The number of Topliss-reactive ketones (excluding diaryl/α,β-unsaturated/α-hetero) is 2. The van der Waals surface area contributed by atoms with Gasteiger partial charge in [-0.25, -0.2) is 0 Å². The van der Waals surface area contributed by atoms with Crippen LogP contribution in [0.3, 0.4) is 0 Å². The van der Waals surface area contributed by atoms with E-state index in [1.54, 1.807) is 0 Å². The van der Waals surface area contributed by atoms with Crippen LogP contribution in [0.1, 0.15) is 22.3 Å². The minimum atomic E-state index is -3.12. The summed E-state index contributed by atoms with van der Waals surface area (Å²) >= 11 is 0. The molecule has 0 spiro atoms. The van der Waals surface area contributed by atoms with Crippen molar-refractivity contribution in [3.63, 3.8) is 0 Å². The summed E-state index contributed by atoms with van der Waals surface area (Å²) in [4.78, 5) is 36.9. The Bertz CT molecular complexity index is 1200. The van der Waals surface area contributed by atoms with Gasteiger partial charge in [0.1, 0.15) is 28.4 Å². The highest BCUT2D eigenvalue weighted by Gasteiger charge is 2.66. The fourth-order valence-electron chi connectivity index (χ4n) is 4.21. The molecule has 0 radical (unpaired) electrons. The SMILES string of the molecule is NC(=O)C1=C(O)[C@@]2(O)C(=O)c3c(cc4cc(O)cc(O)c4c3O)C[C@@]2(O)CC1=O. The normalized spacial score (nSPS) is 26.4. The Morgan fingerprint density at radius 3 is 2.28 bits per heavy atom. The fraction of sp³-hybridized carbons (Fsp3) is 0.211. The Hall–Kier alpha value is -3.63. The molecule has 10 heteroatoms. The number of ketones is 2. The maximum Gasteiger partial charge on any atom is 0.255 e. The lowest BCUT2D eigenvalue weighted by molar-refractivity contribution is -0.151. The standard InChI is InChI=1S/C19H15NO9/c20-17(27)13-10(23)5-18(28)4-7-1-6-2-8(21)3-9(22)11(6)14(24)12(7)15(25)19(18,29)16(13)26/h1-3,21-22,24,26,28-29H,4-5H2,(H2,20,27)/t18-,19+/m1/s1. The first-order chi connectivity index (χ1) is 13.4. The molecular weight excluding hydrogens is 386 g/mol. The van der Waals surface area contributed by atoms with Gasteiger partial charge in [-0.3, -0.25) is 14.4 Å². The van der Waals surface area contributed by atoms with Crippen LogP contribution in [0, 0.1) is 0 Å². The summed E-state index contributed by atoms with van der Waals surface area (Å²) in [6.45, 7) is 0. The van der Waals surface area contributed by atoms with Crippen LogP contribution in [0.25, 0.3) is 10.8 Å². The van der Waals surface area contributed by atoms with Gasteiger partial charge in [-0.2, -0.15) is 0 Å². The number of aromatic hydroxyl groups is 3. The number of aliphatic hydroxyl groups is 3. The second kappa shape index (κ2) is 5.46. The summed E-state index contributed by atoms with van der Waals surface area (Å²) in [5, 5.41) is 62.6. The molecule has 29 heavy (non-hydrogen) atoms. The van der Waals surface area contributed by atoms with E-state index >= 15 is 0 Å². The van der Waals surface area contributed by atoms with Crippen molar-refractivity contribution in [2.24, 2.45) is 5.73 Å². The molecule has 0 saturated heterocycles. The minimum Gasteiger partial charge on any atom is -0.508 e. The smallest absolute Gasteiger partial charge is 0.255 e. The number of carbonyl (C=O) groups is 3. The zero-order valence-electron chi connectivity index (χ0n) is 14.6. The van der Waals surface area contributed by atoms with Crippen LogP contribution in [0.15, 0.2) is 29.5 Å². The molecule has 2 aromatic rings. The van der Waals surface area contributed by atoms with Crippen LogP contribution in [0.4, 0.5) is 0 Å². The number of carbonyl (C=O) groups excluding carboxylic acids is 3. The molecule has 0 aromatic heterocycles. The molecule has 2 aromatic carbocycles. The van der Waals surface area contributed by atoms with Gasteiger partial charge in [-0.05, 0) is 23.1 Å². The zero-order valence-corrected chi connectivity index (χ0v) is 14.6. The number of primary amides is 1. The number of rotatable bonds is 1. The lowest BCUT2D eigenvalue weighted by atomic mass is 9.61. The van der Waals surface area contributed by atoms with Gasteiger partial charge in [0.25, 0.3) is 5.91 Å². The highest BCUT2D eigenvalue weighted by molar-refractivity contribution is 6.24. The molecule has 8 N–H and O–H groups in total. The first-order valence-corrected chi connectivity index (χ1v) is 8.39. The zero-order chi connectivity index (χ0) is 21.5. The van der Waals surface area contributed by atoms with Crippen molar-refractivity contribution >= 4 is 28.2 Å². The van der Waals surface area contributed by atoms with Gasteiger partial charge < -0.3 is 36.4 Å². The molecule has 2 atom stereocenters. The maximum absolute atomic E-state index is 13.1. The molecule has 0 saturated carbocycles. The van der Waals surface area contributed by atoms with Crippen molar-refractivity contribution in [3.8, 4) is 17.2 Å². The third kappa shape index (κ3) is 2.15. The fourth-order valence-corrected chi connectivity index (χ4v) is 4.21. The Morgan fingerprint density at radius 1 is 1.00 bits per heavy atom. The summed E-state index contributed by atoms with van der Waals surface area (Å²) in [6.07, 6.45) is -1.45. The third-order valence-corrected chi connectivity index (χ3v) is 5.53. The van der Waals surface area contributed by atoms with Crippen LogP contribution >= 0.6 is 0 Å². The van der Waals surface area contributed by atoms with Crippen molar-refractivity contribution in [1.82, 2.24) is 0 Å². The Labute approximate surface area is 161 Å². The topological polar surface area (TPSA) is 199 Å². The second-order valence-electron chi connectivity index (χ2n) is 7.26. The second-order valence-corrected chi connectivity index (χ2v) is 7.26. The summed E-state index contributed by atoms with van der Waals surface area (Å²) in [6, 6.07) is 3.40. The van der Waals surface area contributed by atoms with E-state index in [4.69, 9.17) is 5.73 Å². The molecule has 0 aliphatic heterocycles. The van der Waals surface area contributed by atoms with Gasteiger partial charge in [0.2, 0.25) is 11.4 Å². The Morgan fingerprint density at radius 2 is 1.66 bits per heavy atom. The minimum absolute atomic E-state index is 0.000278. The van der Waals surface area contributed by atoms with Crippen LogP contribution in [0.5, 0.6) is 17.2 Å². The molecular formula is C19H15NO9. The predicted molar refractivity (Wildman–Crippen MR) is 95.3 cm³/mol. The monoisotopic (exact) mass is 401 g/mol. The highest BCUT2D eigenvalue weighted by Crippen LogP contribution is 2.50. The van der Waals surface area contributed by atoms with Crippen molar-refractivity contribution in [1.29, 1.82) is 0 Å². The number of hydrogen-bond donors (Lipinski definition) is 7. The number of phenols is 3. The van der Waals surface area contributed by atoms with Crippen molar-refractivity contribution < 1.29 is 45.0 Å². The summed E-state index contributed by atoms with van der Waals surface area (Å²) in [7, 11) is 0. The van der Waals surface area contributed by atoms with Gasteiger partial charge in [-0.15, -0.1) is 0 Å².